The number of benzene rings is 1. The molecule has 1 fully saturated rings. The summed E-state index contributed by atoms with van der Waals surface area (Å²) in [6, 6.07) is 8.94. The van der Waals surface area contributed by atoms with E-state index in [1.165, 1.54) is 31.4 Å². The van der Waals surface area contributed by atoms with Crippen LogP contribution < -0.4 is 10.1 Å². The first-order chi connectivity index (χ1) is 11.3. The zero-order valence-electron chi connectivity index (χ0n) is 14.0. The summed E-state index contributed by atoms with van der Waals surface area (Å²) in [5, 5.41) is 7.84. The largest absolute Gasteiger partial charge is 0.473 e. The summed E-state index contributed by atoms with van der Waals surface area (Å²) in [5.74, 6) is 0.550. The number of rotatable bonds is 6. The van der Waals surface area contributed by atoms with Crippen molar-refractivity contribution >= 4 is 12.4 Å². The van der Waals surface area contributed by atoms with Crippen LogP contribution in [-0.2, 0) is 13.2 Å². The molecule has 1 aromatic heterocycles. The second kappa shape index (κ2) is 9.04. The molecule has 1 aromatic carbocycles. The zero-order valence-corrected chi connectivity index (χ0v) is 14.8. The van der Waals surface area contributed by atoms with Gasteiger partial charge in [0.05, 0.1) is 11.7 Å². The van der Waals surface area contributed by atoms with Crippen LogP contribution in [0.1, 0.15) is 49.4 Å². The van der Waals surface area contributed by atoms with Gasteiger partial charge in [0.15, 0.2) is 0 Å². The predicted octanol–water partition coefficient (Wildman–Crippen LogP) is 4.25. The lowest BCUT2D eigenvalue weighted by molar-refractivity contribution is 0.237. The maximum Gasteiger partial charge on any atom is 0.212 e. The van der Waals surface area contributed by atoms with Gasteiger partial charge in [-0.05, 0) is 37.6 Å². The fourth-order valence-corrected chi connectivity index (χ4v) is 3.17. The van der Waals surface area contributed by atoms with Crippen LogP contribution in [0.25, 0.3) is 0 Å². The first-order valence-corrected chi connectivity index (χ1v) is 8.36. The number of hydrogen-bond acceptors (Lipinski definition) is 3. The van der Waals surface area contributed by atoms with E-state index < -0.39 is 0 Å². The number of nitrogens with one attached hydrogen (secondary N) is 1. The molecule has 1 N–H and O–H groups in total. The van der Waals surface area contributed by atoms with E-state index in [9.17, 15) is 4.39 Å². The van der Waals surface area contributed by atoms with Gasteiger partial charge in [-0.2, -0.15) is 5.10 Å². The molecule has 2 aromatic rings. The highest BCUT2D eigenvalue weighted by molar-refractivity contribution is 5.85. The smallest absolute Gasteiger partial charge is 0.212 e. The standard InChI is InChI=1S/C18H24FN3O.ClH/c1-20-12-16-11-18(22(21-16)17-8-3-2-4-9-17)23-13-14-6-5-7-15(19)10-14;/h5-7,10-11,17,20H,2-4,8-9,12-13H2,1H3;1H. The Hall–Kier alpha value is -1.59. The molecule has 1 heterocycles. The quantitative estimate of drug-likeness (QED) is 0.843. The van der Waals surface area contributed by atoms with Crippen LogP contribution >= 0.6 is 12.4 Å². The van der Waals surface area contributed by atoms with E-state index in [0.29, 0.717) is 12.6 Å². The number of halogens is 2. The van der Waals surface area contributed by atoms with Gasteiger partial charge < -0.3 is 10.1 Å². The van der Waals surface area contributed by atoms with E-state index in [1.54, 1.807) is 6.07 Å². The minimum atomic E-state index is -0.234. The third kappa shape index (κ3) is 4.71. The molecule has 0 unspecified atom stereocenters. The number of ether oxygens (including phenoxy) is 1. The van der Waals surface area contributed by atoms with Crippen LogP contribution in [0.15, 0.2) is 30.3 Å². The third-order valence-electron chi connectivity index (χ3n) is 4.31. The van der Waals surface area contributed by atoms with E-state index in [1.807, 2.05) is 23.9 Å². The SMILES string of the molecule is CNCc1cc(OCc2cccc(F)c2)n(C2CCCCC2)n1.Cl. The molecule has 1 aliphatic rings. The highest BCUT2D eigenvalue weighted by atomic mass is 35.5. The van der Waals surface area contributed by atoms with Crippen molar-refractivity contribution in [2.45, 2.75) is 51.3 Å². The van der Waals surface area contributed by atoms with Crippen molar-refractivity contribution in [1.82, 2.24) is 15.1 Å². The van der Waals surface area contributed by atoms with Gasteiger partial charge in [-0.25, -0.2) is 9.07 Å². The lowest BCUT2D eigenvalue weighted by atomic mass is 9.96. The normalized spacial score (nSPS) is 15.1. The van der Waals surface area contributed by atoms with Crippen LogP contribution in [0.5, 0.6) is 5.88 Å². The van der Waals surface area contributed by atoms with E-state index in [2.05, 4.69) is 5.32 Å². The Labute approximate surface area is 148 Å². The van der Waals surface area contributed by atoms with Crippen molar-refractivity contribution in [3.8, 4) is 5.88 Å². The fraction of sp³-hybridized carbons (Fsp3) is 0.500. The second-order valence-electron chi connectivity index (χ2n) is 6.16. The zero-order chi connectivity index (χ0) is 16.1. The molecule has 1 aliphatic carbocycles. The van der Waals surface area contributed by atoms with E-state index in [4.69, 9.17) is 9.84 Å². The van der Waals surface area contributed by atoms with E-state index in [-0.39, 0.29) is 18.2 Å². The molecular weight excluding hydrogens is 329 g/mol. The van der Waals surface area contributed by atoms with Crippen molar-refractivity contribution in [3.05, 3.63) is 47.4 Å². The topological polar surface area (TPSA) is 39.1 Å². The maximum atomic E-state index is 13.3. The number of hydrogen-bond donors (Lipinski definition) is 1. The monoisotopic (exact) mass is 353 g/mol. The fourth-order valence-electron chi connectivity index (χ4n) is 3.17. The lowest BCUT2D eigenvalue weighted by Gasteiger charge is -2.23. The molecule has 3 rings (SSSR count). The molecule has 0 saturated heterocycles. The summed E-state index contributed by atoms with van der Waals surface area (Å²) in [5.41, 5.74) is 1.81. The van der Waals surface area contributed by atoms with Crippen LogP contribution in [0.2, 0.25) is 0 Å². The van der Waals surface area contributed by atoms with Gasteiger partial charge in [-0.15, -0.1) is 12.4 Å². The molecule has 0 radical (unpaired) electrons. The summed E-state index contributed by atoms with van der Waals surface area (Å²) >= 11 is 0. The molecule has 6 heteroatoms. The van der Waals surface area contributed by atoms with Crippen LogP contribution in [0.4, 0.5) is 4.39 Å². The molecule has 0 bridgehead atoms. The van der Waals surface area contributed by atoms with Gasteiger partial charge in [-0.1, -0.05) is 31.4 Å². The summed E-state index contributed by atoms with van der Waals surface area (Å²) in [6.45, 7) is 1.07. The number of nitrogens with zero attached hydrogens (tertiary/aromatic N) is 2. The third-order valence-corrected chi connectivity index (χ3v) is 4.31. The highest BCUT2D eigenvalue weighted by Crippen LogP contribution is 2.31. The average molecular weight is 354 g/mol. The van der Waals surface area contributed by atoms with E-state index in [0.717, 1.165) is 36.5 Å². The van der Waals surface area contributed by atoms with Gasteiger partial charge in [0.1, 0.15) is 12.4 Å². The summed E-state index contributed by atoms with van der Waals surface area (Å²) < 4.78 is 21.3. The van der Waals surface area contributed by atoms with Gasteiger partial charge in [0, 0.05) is 12.6 Å². The minimum Gasteiger partial charge on any atom is -0.473 e. The highest BCUT2D eigenvalue weighted by Gasteiger charge is 2.20. The minimum absolute atomic E-state index is 0. The van der Waals surface area contributed by atoms with Gasteiger partial charge in [-0.3, -0.25) is 0 Å². The Morgan fingerprint density at radius 2 is 2.04 bits per heavy atom. The van der Waals surface area contributed by atoms with Crippen LogP contribution in [-0.4, -0.2) is 16.8 Å². The summed E-state index contributed by atoms with van der Waals surface area (Å²) in [4.78, 5) is 0. The predicted molar refractivity (Wildman–Crippen MR) is 95.1 cm³/mol. The Balaban J connectivity index is 0.00000208. The van der Waals surface area contributed by atoms with E-state index >= 15 is 0 Å². The Morgan fingerprint density at radius 3 is 2.75 bits per heavy atom. The lowest BCUT2D eigenvalue weighted by Crippen LogP contribution is -2.16. The van der Waals surface area contributed by atoms with Crippen LogP contribution in [0.3, 0.4) is 0 Å². The molecule has 0 spiro atoms. The van der Waals surface area contributed by atoms with Crippen LogP contribution in [0, 0.1) is 5.82 Å². The Morgan fingerprint density at radius 1 is 1.25 bits per heavy atom. The van der Waals surface area contributed by atoms with Crippen molar-refractivity contribution in [2.75, 3.05) is 7.05 Å². The van der Waals surface area contributed by atoms with Gasteiger partial charge in [0.2, 0.25) is 5.88 Å². The summed E-state index contributed by atoms with van der Waals surface area (Å²) in [7, 11) is 1.91. The number of aromatic nitrogens is 2. The van der Waals surface area contributed by atoms with Crippen molar-refractivity contribution in [3.63, 3.8) is 0 Å². The second-order valence-corrected chi connectivity index (χ2v) is 6.16. The average Bonchev–Trinajstić information content (AvgIpc) is 2.97. The summed E-state index contributed by atoms with van der Waals surface area (Å²) in [6.07, 6.45) is 6.10. The molecular formula is C18H25ClFN3O. The maximum absolute atomic E-state index is 13.3. The van der Waals surface area contributed by atoms with Gasteiger partial charge >= 0.3 is 0 Å². The molecule has 0 amide bonds. The molecule has 24 heavy (non-hydrogen) atoms. The Kier molecular flexibility index (Phi) is 7.06. The molecule has 1 saturated carbocycles. The molecule has 4 nitrogen and oxygen atoms in total. The van der Waals surface area contributed by atoms with Gasteiger partial charge in [0.25, 0.3) is 0 Å². The van der Waals surface area contributed by atoms with Crippen molar-refractivity contribution in [1.29, 1.82) is 0 Å². The molecule has 0 aliphatic heterocycles. The molecule has 0 atom stereocenters. The van der Waals surface area contributed by atoms with Crippen molar-refractivity contribution < 1.29 is 9.13 Å². The first kappa shape index (κ1) is 18.7. The first-order valence-electron chi connectivity index (χ1n) is 8.36. The van der Waals surface area contributed by atoms with Crippen molar-refractivity contribution in [2.24, 2.45) is 0 Å². The molecule has 132 valence electrons. The Bertz CT molecular complexity index is 641.